The van der Waals surface area contributed by atoms with Gasteiger partial charge < -0.3 is 14.9 Å². The largest absolute Gasteiger partial charge is 0.350 e. The van der Waals surface area contributed by atoms with Crippen LogP contribution in [-0.2, 0) is 13.1 Å². The molecule has 1 aliphatic heterocycles. The number of carbonyl (C=O) groups excluding carboxylic acids is 1. The van der Waals surface area contributed by atoms with E-state index in [0.29, 0.717) is 29.2 Å². The number of rotatable bonds is 3. The molecule has 0 saturated heterocycles. The van der Waals surface area contributed by atoms with Gasteiger partial charge in [0.05, 0.1) is 5.52 Å². The van der Waals surface area contributed by atoms with Crippen molar-refractivity contribution < 1.29 is 9.18 Å². The van der Waals surface area contributed by atoms with Gasteiger partial charge in [0, 0.05) is 48.9 Å². The highest BCUT2D eigenvalue weighted by Gasteiger charge is 2.30. The summed E-state index contributed by atoms with van der Waals surface area (Å²) in [6, 6.07) is 10.7. The molecule has 2 aliphatic rings. The lowest BCUT2D eigenvalue weighted by Crippen LogP contribution is -2.49. The SMILES string of the molecule is Cc1ccc(F)c2cc(C(=O)N[C@@H]3CCC[C@@H](N4CCn5c(cccc5=O)C4)C3)[nH]c12. The number of aryl methyl sites for hydroxylation is 1. The van der Waals surface area contributed by atoms with Crippen molar-refractivity contribution in [3.05, 3.63) is 69.5 Å². The van der Waals surface area contributed by atoms with Crippen LogP contribution in [0.5, 0.6) is 0 Å². The minimum atomic E-state index is -0.321. The predicted molar refractivity (Wildman–Crippen MR) is 118 cm³/mol. The first-order valence-corrected chi connectivity index (χ1v) is 11.0. The van der Waals surface area contributed by atoms with Crippen LogP contribution in [0.4, 0.5) is 4.39 Å². The van der Waals surface area contributed by atoms with Gasteiger partial charge in [0.2, 0.25) is 0 Å². The zero-order valence-corrected chi connectivity index (χ0v) is 17.7. The molecule has 3 heterocycles. The molecule has 1 saturated carbocycles. The number of aromatic nitrogens is 2. The molecule has 5 rings (SSSR count). The van der Waals surface area contributed by atoms with Gasteiger partial charge in [-0.2, -0.15) is 0 Å². The number of halogens is 1. The standard InChI is InChI=1S/C24H27FN4O2/c1-15-8-9-20(25)19-13-21(27-23(15)19)24(31)26-16-4-2-5-17(12-16)28-10-11-29-18(14-28)6-3-7-22(29)30/h3,6-9,13,16-17,27H,2,4-5,10-12,14H2,1H3,(H,26,31)/t16-,17-/m1/s1. The Bertz CT molecular complexity index is 1160. The van der Waals surface area contributed by atoms with Crippen LogP contribution in [0.15, 0.2) is 41.2 Å². The van der Waals surface area contributed by atoms with Crippen molar-refractivity contribution in [3.8, 4) is 0 Å². The molecule has 3 aromatic rings. The highest BCUT2D eigenvalue weighted by atomic mass is 19.1. The maximum Gasteiger partial charge on any atom is 0.267 e. The molecule has 0 spiro atoms. The van der Waals surface area contributed by atoms with E-state index in [1.165, 1.54) is 6.07 Å². The lowest BCUT2D eigenvalue weighted by molar-refractivity contribution is 0.0852. The summed E-state index contributed by atoms with van der Waals surface area (Å²) in [5, 5.41) is 3.61. The number of nitrogens with one attached hydrogen (secondary N) is 2. The quantitative estimate of drug-likeness (QED) is 0.680. The topological polar surface area (TPSA) is 70.1 Å². The summed E-state index contributed by atoms with van der Waals surface area (Å²) in [6.45, 7) is 4.23. The minimum absolute atomic E-state index is 0.0657. The van der Waals surface area contributed by atoms with Gasteiger partial charge in [0.1, 0.15) is 11.5 Å². The van der Waals surface area contributed by atoms with Gasteiger partial charge in [-0.3, -0.25) is 14.5 Å². The van der Waals surface area contributed by atoms with Crippen LogP contribution in [0.25, 0.3) is 10.9 Å². The minimum Gasteiger partial charge on any atom is -0.350 e. The molecule has 0 bridgehead atoms. The van der Waals surface area contributed by atoms with E-state index in [9.17, 15) is 14.0 Å². The molecule has 1 aliphatic carbocycles. The average Bonchev–Trinajstić information content (AvgIpc) is 3.24. The summed E-state index contributed by atoms with van der Waals surface area (Å²) in [7, 11) is 0. The number of hydrogen-bond acceptors (Lipinski definition) is 3. The van der Waals surface area contributed by atoms with Crippen LogP contribution in [-0.4, -0.2) is 39.0 Å². The van der Waals surface area contributed by atoms with Crippen LogP contribution < -0.4 is 10.9 Å². The number of carbonyl (C=O) groups is 1. The lowest BCUT2D eigenvalue weighted by atomic mass is 9.89. The lowest BCUT2D eigenvalue weighted by Gasteiger charge is -2.40. The van der Waals surface area contributed by atoms with Gasteiger partial charge in [-0.05, 0) is 56.4 Å². The number of hydrogen-bond donors (Lipinski definition) is 2. The zero-order chi connectivity index (χ0) is 21.5. The molecule has 1 amide bonds. The van der Waals surface area contributed by atoms with Crippen molar-refractivity contribution in [3.63, 3.8) is 0 Å². The highest BCUT2D eigenvalue weighted by molar-refractivity contribution is 5.99. The van der Waals surface area contributed by atoms with E-state index in [4.69, 9.17) is 0 Å². The van der Waals surface area contributed by atoms with Crippen molar-refractivity contribution in [1.82, 2.24) is 19.8 Å². The second kappa shape index (κ2) is 7.96. The van der Waals surface area contributed by atoms with E-state index < -0.39 is 0 Å². The summed E-state index contributed by atoms with van der Waals surface area (Å²) < 4.78 is 16.0. The summed E-state index contributed by atoms with van der Waals surface area (Å²) in [5.41, 5.74) is 3.11. The van der Waals surface area contributed by atoms with Gasteiger partial charge in [0.25, 0.3) is 11.5 Å². The monoisotopic (exact) mass is 422 g/mol. The maximum absolute atomic E-state index is 14.1. The van der Waals surface area contributed by atoms with Crippen molar-refractivity contribution in [2.45, 2.75) is 57.8 Å². The van der Waals surface area contributed by atoms with E-state index in [2.05, 4.69) is 15.2 Å². The first-order chi connectivity index (χ1) is 15.0. The maximum atomic E-state index is 14.1. The second-order valence-corrected chi connectivity index (χ2v) is 8.80. The summed E-state index contributed by atoms with van der Waals surface area (Å²) >= 11 is 0. The molecule has 0 unspecified atom stereocenters. The number of amides is 1. The van der Waals surface area contributed by atoms with Crippen LogP contribution in [0.2, 0.25) is 0 Å². The molecule has 0 radical (unpaired) electrons. The fourth-order valence-corrected chi connectivity index (χ4v) is 5.12. The van der Waals surface area contributed by atoms with Gasteiger partial charge in [0.15, 0.2) is 0 Å². The molecule has 162 valence electrons. The molecule has 1 aromatic carbocycles. The Hall–Kier alpha value is -2.93. The molecule has 2 N–H and O–H groups in total. The number of aromatic amines is 1. The Morgan fingerprint density at radius 1 is 1.19 bits per heavy atom. The Morgan fingerprint density at radius 3 is 2.90 bits per heavy atom. The van der Waals surface area contributed by atoms with Crippen LogP contribution in [0, 0.1) is 12.7 Å². The predicted octanol–water partition coefficient (Wildman–Crippen LogP) is 3.33. The average molecular weight is 423 g/mol. The third kappa shape index (κ3) is 3.78. The first-order valence-electron chi connectivity index (χ1n) is 11.0. The molecule has 7 heteroatoms. The highest BCUT2D eigenvalue weighted by Crippen LogP contribution is 2.27. The molecular weight excluding hydrogens is 395 g/mol. The van der Waals surface area contributed by atoms with Gasteiger partial charge in [-0.1, -0.05) is 12.1 Å². The van der Waals surface area contributed by atoms with Crippen LogP contribution in [0.1, 0.15) is 47.4 Å². The zero-order valence-electron chi connectivity index (χ0n) is 17.7. The summed E-state index contributed by atoms with van der Waals surface area (Å²) in [5.74, 6) is -0.505. The van der Waals surface area contributed by atoms with Crippen LogP contribution in [0.3, 0.4) is 0 Å². The van der Waals surface area contributed by atoms with E-state index in [-0.39, 0.29) is 23.3 Å². The van der Waals surface area contributed by atoms with E-state index >= 15 is 0 Å². The molecule has 1 fully saturated rings. The van der Waals surface area contributed by atoms with E-state index in [1.807, 2.05) is 23.6 Å². The molecule has 2 aromatic heterocycles. The molecule has 31 heavy (non-hydrogen) atoms. The Morgan fingerprint density at radius 2 is 2.06 bits per heavy atom. The Kier molecular flexibility index (Phi) is 5.14. The number of benzene rings is 1. The summed E-state index contributed by atoms with van der Waals surface area (Å²) in [6.07, 6.45) is 3.98. The Balaban J connectivity index is 1.27. The van der Waals surface area contributed by atoms with Gasteiger partial charge >= 0.3 is 0 Å². The third-order valence-electron chi connectivity index (χ3n) is 6.81. The second-order valence-electron chi connectivity index (χ2n) is 8.80. The Labute approximate surface area is 180 Å². The van der Waals surface area contributed by atoms with Crippen molar-refractivity contribution in [1.29, 1.82) is 0 Å². The number of fused-ring (bicyclic) bond motifs is 2. The summed E-state index contributed by atoms with van der Waals surface area (Å²) in [4.78, 5) is 30.4. The number of nitrogens with zero attached hydrogens (tertiary/aromatic N) is 2. The van der Waals surface area contributed by atoms with Crippen molar-refractivity contribution in [2.24, 2.45) is 0 Å². The van der Waals surface area contributed by atoms with Gasteiger partial charge in [-0.15, -0.1) is 0 Å². The third-order valence-corrected chi connectivity index (χ3v) is 6.81. The smallest absolute Gasteiger partial charge is 0.267 e. The molecule has 2 atom stereocenters. The first kappa shape index (κ1) is 20.0. The van der Waals surface area contributed by atoms with E-state index in [1.54, 1.807) is 18.2 Å². The van der Waals surface area contributed by atoms with Crippen molar-refractivity contribution >= 4 is 16.8 Å². The van der Waals surface area contributed by atoms with Crippen LogP contribution >= 0.6 is 0 Å². The van der Waals surface area contributed by atoms with E-state index in [0.717, 1.165) is 50.0 Å². The van der Waals surface area contributed by atoms with Gasteiger partial charge in [-0.25, -0.2) is 4.39 Å². The molecule has 6 nitrogen and oxygen atoms in total. The fourth-order valence-electron chi connectivity index (χ4n) is 5.12. The normalized spacial score (nSPS) is 21.7. The fraction of sp³-hybridized carbons (Fsp3) is 0.417. The number of H-pyrrole nitrogens is 1. The number of pyridine rings is 1. The van der Waals surface area contributed by atoms with Crippen molar-refractivity contribution in [2.75, 3.05) is 6.54 Å². The molecular formula is C24H27FN4O2.